The second-order valence-corrected chi connectivity index (χ2v) is 12.6. The second kappa shape index (κ2) is 10.7. The van der Waals surface area contributed by atoms with Gasteiger partial charge in [0.1, 0.15) is 12.2 Å². The molecule has 0 aromatic heterocycles. The third kappa shape index (κ3) is 4.84. The molecular formula is C34H34F5NO3. The number of halogens is 5. The molecule has 43 heavy (non-hydrogen) atoms. The van der Waals surface area contributed by atoms with Gasteiger partial charge in [0.25, 0.3) is 0 Å². The normalized spacial score (nSPS) is 31.0. The first-order valence-corrected chi connectivity index (χ1v) is 14.8. The van der Waals surface area contributed by atoms with Crippen molar-refractivity contribution in [1.29, 1.82) is 0 Å². The number of allylic oxidation sites excluding steroid dienone is 4. The van der Waals surface area contributed by atoms with Crippen LogP contribution in [0.15, 0.2) is 82.5 Å². The summed E-state index contributed by atoms with van der Waals surface area (Å²) in [5, 5.41) is 15.1. The smallest absolute Gasteiger partial charge is 0.391 e. The highest BCUT2D eigenvalue weighted by atomic mass is 19.4. The predicted molar refractivity (Wildman–Crippen MR) is 151 cm³/mol. The summed E-state index contributed by atoms with van der Waals surface area (Å²) in [6, 6.07) is 17.4. The Morgan fingerprint density at radius 1 is 1.00 bits per heavy atom. The number of hydrogen-bond acceptors (Lipinski definition) is 4. The molecule has 6 rings (SSSR count). The first-order chi connectivity index (χ1) is 20.4. The van der Waals surface area contributed by atoms with Gasteiger partial charge in [0, 0.05) is 17.8 Å². The molecule has 4 nitrogen and oxygen atoms in total. The average Bonchev–Trinajstić information content (AvgIpc) is 3.26. The van der Waals surface area contributed by atoms with Crippen molar-refractivity contribution < 1.29 is 36.7 Å². The molecule has 9 heteroatoms. The molecule has 2 fully saturated rings. The summed E-state index contributed by atoms with van der Waals surface area (Å²) < 4.78 is 70.1. The Hall–Kier alpha value is -3.33. The molecular weight excluding hydrogens is 565 g/mol. The summed E-state index contributed by atoms with van der Waals surface area (Å²) in [5.41, 5.74) is 1.04. The van der Waals surface area contributed by atoms with Gasteiger partial charge in [-0.3, -0.25) is 4.79 Å². The lowest BCUT2D eigenvalue weighted by molar-refractivity contribution is -0.362. The number of aliphatic hydroxyl groups is 1. The maximum atomic E-state index is 14.8. The van der Waals surface area contributed by atoms with Crippen LogP contribution < -0.4 is 0 Å². The number of carbonyl (C=O) groups excluding carboxylic acids is 1. The van der Waals surface area contributed by atoms with E-state index in [1.165, 1.54) is 6.92 Å². The molecule has 0 aliphatic heterocycles. The zero-order valence-electron chi connectivity index (χ0n) is 23.8. The van der Waals surface area contributed by atoms with E-state index in [0.29, 0.717) is 25.9 Å². The van der Waals surface area contributed by atoms with Crippen molar-refractivity contribution in [1.82, 2.24) is 0 Å². The Morgan fingerprint density at radius 3 is 2.42 bits per heavy atom. The molecule has 4 aliphatic carbocycles. The average molecular weight is 600 g/mol. The Labute approximate surface area is 247 Å². The van der Waals surface area contributed by atoms with E-state index in [2.05, 4.69) is 5.16 Å². The summed E-state index contributed by atoms with van der Waals surface area (Å²) in [5.74, 6) is -6.13. The van der Waals surface area contributed by atoms with Crippen molar-refractivity contribution in [2.45, 2.75) is 82.1 Å². The van der Waals surface area contributed by atoms with Crippen molar-refractivity contribution in [3.63, 3.8) is 0 Å². The minimum Gasteiger partial charge on any atom is -0.391 e. The number of oxime groups is 1. The van der Waals surface area contributed by atoms with Crippen LogP contribution in [0.5, 0.6) is 0 Å². The number of nitrogens with zero attached hydrogens (tertiary/aromatic N) is 1. The SMILES string of the molecule is C[C@]12CCC3=C4C(=CC(=O)CC4c4ccc(C=NOCc5ccccc5)cc4)CC[C@H]3[C@@H]1CC[C@@]2(O)C(F)(F)C(F)(F)F. The van der Waals surface area contributed by atoms with Crippen molar-refractivity contribution in [3.05, 3.63) is 94.1 Å². The van der Waals surface area contributed by atoms with Crippen LogP contribution in [-0.4, -0.2) is 34.8 Å². The summed E-state index contributed by atoms with van der Waals surface area (Å²) in [4.78, 5) is 18.2. The van der Waals surface area contributed by atoms with Gasteiger partial charge >= 0.3 is 12.1 Å². The monoisotopic (exact) mass is 599 g/mol. The summed E-state index contributed by atoms with van der Waals surface area (Å²) >= 11 is 0. The highest BCUT2D eigenvalue weighted by Gasteiger charge is 2.78. The molecule has 2 saturated carbocycles. The molecule has 0 heterocycles. The van der Waals surface area contributed by atoms with E-state index in [1.54, 1.807) is 12.3 Å². The van der Waals surface area contributed by atoms with E-state index in [-0.39, 0.29) is 36.9 Å². The van der Waals surface area contributed by atoms with Crippen LogP contribution in [0.3, 0.4) is 0 Å². The molecule has 0 radical (unpaired) electrons. The third-order valence-corrected chi connectivity index (χ3v) is 10.5. The molecule has 0 spiro atoms. The Balaban J connectivity index is 1.26. The molecule has 1 unspecified atom stereocenters. The largest absolute Gasteiger partial charge is 0.456 e. The van der Waals surface area contributed by atoms with Crippen LogP contribution in [0, 0.1) is 17.3 Å². The van der Waals surface area contributed by atoms with E-state index in [1.807, 2.05) is 54.6 Å². The maximum absolute atomic E-state index is 14.8. The number of carbonyl (C=O) groups is 1. The fraction of sp³-hybridized carbons (Fsp3) is 0.471. The number of fused-ring (bicyclic) bond motifs is 4. The minimum absolute atomic E-state index is 0.0171. The second-order valence-electron chi connectivity index (χ2n) is 12.6. The number of benzene rings is 2. The molecule has 228 valence electrons. The number of rotatable bonds is 6. The molecule has 4 aliphatic rings. The Kier molecular flexibility index (Phi) is 7.39. The molecule has 5 atom stereocenters. The third-order valence-electron chi connectivity index (χ3n) is 10.5. The predicted octanol–water partition coefficient (Wildman–Crippen LogP) is 8.07. The van der Waals surface area contributed by atoms with Gasteiger partial charge in [-0.2, -0.15) is 22.0 Å². The first kappa shape index (κ1) is 29.7. The molecule has 2 aromatic rings. The standard InChI is InChI=1S/C34H34F5NO3/c1-31-15-13-27-26(29(31)14-16-32(31,42)33(35,36)34(37,38)39)12-11-24-17-25(41)18-28(30(24)27)23-9-7-21(8-10-23)19-40-43-20-22-5-3-2-4-6-22/h2-10,17,19,26,28-29,42H,11-16,18,20H2,1H3/t26-,28?,29+,31+,32+/m1/s1. The zero-order chi connectivity index (χ0) is 30.6. The van der Waals surface area contributed by atoms with E-state index in [9.17, 15) is 31.9 Å². The van der Waals surface area contributed by atoms with Crippen molar-refractivity contribution in [2.75, 3.05) is 0 Å². The van der Waals surface area contributed by atoms with E-state index in [4.69, 9.17) is 4.84 Å². The van der Waals surface area contributed by atoms with Gasteiger partial charge in [-0.25, -0.2) is 0 Å². The summed E-state index contributed by atoms with van der Waals surface area (Å²) in [7, 11) is 0. The number of alkyl halides is 5. The molecule has 0 saturated heterocycles. The number of hydrogen-bond donors (Lipinski definition) is 1. The lowest BCUT2D eigenvalue weighted by atomic mass is 9.53. The molecule has 1 N–H and O–H groups in total. The van der Waals surface area contributed by atoms with Crippen molar-refractivity contribution >= 4 is 12.0 Å². The molecule has 2 aromatic carbocycles. The Bertz CT molecular complexity index is 1480. The molecule has 0 bridgehead atoms. The van der Waals surface area contributed by atoms with Gasteiger partial charge in [-0.05, 0) is 84.3 Å². The highest BCUT2D eigenvalue weighted by Crippen LogP contribution is 2.68. The van der Waals surface area contributed by atoms with Crippen LogP contribution in [-0.2, 0) is 16.2 Å². The quantitative estimate of drug-likeness (QED) is 0.208. The van der Waals surface area contributed by atoms with E-state index < -0.39 is 35.5 Å². The van der Waals surface area contributed by atoms with E-state index >= 15 is 0 Å². The van der Waals surface area contributed by atoms with Gasteiger partial charge in [0.15, 0.2) is 5.78 Å². The van der Waals surface area contributed by atoms with Gasteiger partial charge < -0.3 is 9.94 Å². The molecule has 0 amide bonds. The van der Waals surface area contributed by atoms with E-state index in [0.717, 1.165) is 33.4 Å². The van der Waals surface area contributed by atoms with Gasteiger partial charge in [-0.15, -0.1) is 0 Å². The van der Waals surface area contributed by atoms with Gasteiger partial charge in [-0.1, -0.05) is 72.2 Å². The fourth-order valence-electron chi connectivity index (χ4n) is 8.28. The van der Waals surface area contributed by atoms with Crippen LogP contribution in [0.1, 0.15) is 74.5 Å². The topological polar surface area (TPSA) is 58.9 Å². The van der Waals surface area contributed by atoms with Crippen LogP contribution in [0.4, 0.5) is 22.0 Å². The van der Waals surface area contributed by atoms with Crippen molar-refractivity contribution in [3.8, 4) is 0 Å². The minimum atomic E-state index is -5.83. The number of ketones is 1. The fourth-order valence-corrected chi connectivity index (χ4v) is 8.28. The van der Waals surface area contributed by atoms with Crippen molar-refractivity contribution in [2.24, 2.45) is 22.4 Å². The van der Waals surface area contributed by atoms with Gasteiger partial charge in [0.2, 0.25) is 0 Å². The van der Waals surface area contributed by atoms with Crippen LogP contribution in [0.2, 0.25) is 0 Å². The highest BCUT2D eigenvalue weighted by molar-refractivity contribution is 5.94. The summed E-state index contributed by atoms with van der Waals surface area (Å²) in [6.45, 7) is 1.76. The maximum Gasteiger partial charge on any atom is 0.456 e. The lowest BCUT2D eigenvalue weighted by Gasteiger charge is -2.53. The summed E-state index contributed by atoms with van der Waals surface area (Å²) in [6.07, 6.45) is -1.31. The lowest BCUT2D eigenvalue weighted by Crippen LogP contribution is -2.64. The zero-order valence-corrected chi connectivity index (χ0v) is 23.8. The Morgan fingerprint density at radius 2 is 1.72 bits per heavy atom. The van der Waals surface area contributed by atoms with Gasteiger partial charge in [0.05, 0.1) is 6.21 Å². The van der Waals surface area contributed by atoms with Crippen LogP contribution >= 0.6 is 0 Å². The van der Waals surface area contributed by atoms with Crippen LogP contribution in [0.25, 0.3) is 0 Å². The first-order valence-electron chi connectivity index (χ1n) is 14.8.